The first-order chi connectivity index (χ1) is 9.71. The highest BCUT2D eigenvalue weighted by Gasteiger charge is 2.09. The lowest BCUT2D eigenvalue weighted by atomic mass is 10.1. The van der Waals surface area contributed by atoms with Gasteiger partial charge in [0.2, 0.25) is 0 Å². The van der Waals surface area contributed by atoms with Gasteiger partial charge in [0.25, 0.3) is 0 Å². The zero-order chi connectivity index (χ0) is 14.8. The molecule has 0 amide bonds. The molecule has 1 atom stereocenters. The number of nitrogens with one attached hydrogen (secondary N) is 1. The molecule has 4 heteroatoms. The van der Waals surface area contributed by atoms with Gasteiger partial charge in [0, 0.05) is 32.2 Å². The summed E-state index contributed by atoms with van der Waals surface area (Å²) in [6, 6.07) is 5.94. The van der Waals surface area contributed by atoms with E-state index < -0.39 is 0 Å². The smallest absolute Gasteiger partial charge is 0.124 e. The number of hydrogen-bond donors (Lipinski definition) is 1. The van der Waals surface area contributed by atoms with E-state index >= 15 is 0 Å². The molecule has 0 fully saturated rings. The van der Waals surface area contributed by atoms with Crippen molar-refractivity contribution >= 4 is 0 Å². The average Bonchev–Trinajstić information content (AvgIpc) is 2.47. The Hall–Kier alpha value is -1.26. The van der Waals surface area contributed by atoms with Crippen LogP contribution in [0.25, 0.3) is 0 Å². The van der Waals surface area contributed by atoms with Crippen molar-refractivity contribution in [3.63, 3.8) is 0 Å². The fourth-order valence-electron chi connectivity index (χ4n) is 1.90. The van der Waals surface area contributed by atoms with Crippen LogP contribution in [0.1, 0.15) is 32.3 Å². The van der Waals surface area contributed by atoms with Crippen molar-refractivity contribution < 1.29 is 14.2 Å². The second kappa shape index (κ2) is 9.61. The number of hydrogen-bond acceptors (Lipinski definition) is 4. The SMILES string of the molecule is CCCNCc1cc(OC)ccc1OC(C)CCOC. The van der Waals surface area contributed by atoms with E-state index in [4.69, 9.17) is 14.2 Å². The monoisotopic (exact) mass is 281 g/mol. The van der Waals surface area contributed by atoms with E-state index in [1.54, 1.807) is 14.2 Å². The van der Waals surface area contributed by atoms with Gasteiger partial charge in [0.1, 0.15) is 11.5 Å². The summed E-state index contributed by atoms with van der Waals surface area (Å²) in [4.78, 5) is 0. The van der Waals surface area contributed by atoms with Crippen LogP contribution in [0.5, 0.6) is 11.5 Å². The minimum atomic E-state index is 0.133. The van der Waals surface area contributed by atoms with Gasteiger partial charge in [-0.2, -0.15) is 0 Å². The van der Waals surface area contributed by atoms with Crippen molar-refractivity contribution in [2.24, 2.45) is 0 Å². The molecular formula is C16H27NO3. The van der Waals surface area contributed by atoms with Gasteiger partial charge in [-0.3, -0.25) is 0 Å². The Morgan fingerprint density at radius 3 is 2.70 bits per heavy atom. The van der Waals surface area contributed by atoms with Gasteiger partial charge >= 0.3 is 0 Å². The first kappa shape index (κ1) is 16.8. The summed E-state index contributed by atoms with van der Waals surface area (Å²) in [7, 11) is 3.39. The van der Waals surface area contributed by atoms with E-state index in [0.717, 1.165) is 43.0 Å². The molecule has 0 aliphatic rings. The summed E-state index contributed by atoms with van der Waals surface area (Å²) in [5, 5.41) is 3.40. The van der Waals surface area contributed by atoms with E-state index in [9.17, 15) is 0 Å². The summed E-state index contributed by atoms with van der Waals surface area (Å²) in [5.74, 6) is 1.77. The number of rotatable bonds is 10. The Morgan fingerprint density at radius 1 is 1.25 bits per heavy atom. The molecule has 0 aliphatic heterocycles. The summed E-state index contributed by atoms with van der Waals surface area (Å²) in [6.45, 7) is 6.71. The maximum atomic E-state index is 6.00. The van der Waals surface area contributed by atoms with E-state index in [0.29, 0.717) is 6.61 Å². The van der Waals surface area contributed by atoms with Crippen molar-refractivity contribution in [3.8, 4) is 11.5 Å². The Bertz CT molecular complexity index is 382. The molecule has 0 aliphatic carbocycles. The van der Waals surface area contributed by atoms with Crippen molar-refractivity contribution in [1.82, 2.24) is 5.32 Å². The molecule has 0 spiro atoms. The molecule has 0 heterocycles. The number of ether oxygens (including phenoxy) is 3. The quantitative estimate of drug-likeness (QED) is 0.669. The molecule has 1 unspecified atom stereocenters. The molecule has 0 radical (unpaired) electrons. The second-order valence-electron chi connectivity index (χ2n) is 4.86. The lowest BCUT2D eigenvalue weighted by Crippen LogP contribution is -2.18. The summed E-state index contributed by atoms with van der Waals surface area (Å²) < 4.78 is 16.4. The fraction of sp³-hybridized carbons (Fsp3) is 0.625. The largest absolute Gasteiger partial charge is 0.497 e. The lowest BCUT2D eigenvalue weighted by molar-refractivity contribution is 0.134. The number of methoxy groups -OCH3 is 2. The van der Waals surface area contributed by atoms with Gasteiger partial charge in [-0.05, 0) is 38.1 Å². The van der Waals surface area contributed by atoms with E-state index in [1.807, 2.05) is 18.2 Å². The zero-order valence-electron chi connectivity index (χ0n) is 13.1. The molecular weight excluding hydrogens is 254 g/mol. The van der Waals surface area contributed by atoms with Gasteiger partial charge in [-0.1, -0.05) is 6.92 Å². The lowest BCUT2D eigenvalue weighted by Gasteiger charge is -2.18. The minimum Gasteiger partial charge on any atom is -0.497 e. The van der Waals surface area contributed by atoms with Crippen molar-refractivity contribution in [3.05, 3.63) is 23.8 Å². The normalized spacial score (nSPS) is 12.2. The van der Waals surface area contributed by atoms with E-state index in [-0.39, 0.29) is 6.10 Å². The summed E-state index contributed by atoms with van der Waals surface area (Å²) in [5.41, 5.74) is 1.13. The highest BCUT2D eigenvalue weighted by molar-refractivity contribution is 5.40. The standard InChI is InChI=1S/C16H27NO3/c1-5-9-17-12-14-11-15(19-4)6-7-16(14)20-13(2)8-10-18-3/h6-7,11,13,17H,5,8-10,12H2,1-4H3. The Balaban J connectivity index is 2.71. The molecule has 1 aromatic rings. The zero-order valence-corrected chi connectivity index (χ0v) is 13.1. The number of benzene rings is 1. The highest BCUT2D eigenvalue weighted by atomic mass is 16.5. The van der Waals surface area contributed by atoms with Crippen LogP contribution in [-0.2, 0) is 11.3 Å². The third-order valence-corrected chi connectivity index (χ3v) is 3.07. The molecule has 4 nitrogen and oxygen atoms in total. The van der Waals surface area contributed by atoms with Crippen molar-refractivity contribution in [1.29, 1.82) is 0 Å². The Labute approximate surface area is 122 Å². The molecule has 114 valence electrons. The molecule has 0 saturated carbocycles. The van der Waals surface area contributed by atoms with Crippen molar-refractivity contribution in [2.75, 3.05) is 27.4 Å². The van der Waals surface area contributed by atoms with Crippen LogP contribution in [0.2, 0.25) is 0 Å². The van der Waals surface area contributed by atoms with Gasteiger partial charge in [-0.25, -0.2) is 0 Å². The average molecular weight is 281 g/mol. The van der Waals surface area contributed by atoms with Crippen LogP contribution in [0.4, 0.5) is 0 Å². The van der Waals surface area contributed by atoms with Gasteiger partial charge in [-0.15, -0.1) is 0 Å². The van der Waals surface area contributed by atoms with Crippen LogP contribution in [0.3, 0.4) is 0 Å². The molecule has 0 aromatic heterocycles. The van der Waals surface area contributed by atoms with E-state index in [1.165, 1.54) is 0 Å². The Morgan fingerprint density at radius 2 is 2.05 bits per heavy atom. The highest BCUT2D eigenvalue weighted by Crippen LogP contribution is 2.25. The first-order valence-electron chi connectivity index (χ1n) is 7.24. The summed E-state index contributed by atoms with van der Waals surface area (Å²) >= 11 is 0. The van der Waals surface area contributed by atoms with Crippen LogP contribution < -0.4 is 14.8 Å². The maximum Gasteiger partial charge on any atom is 0.124 e. The molecule has 0 bridgehead atoms. The third kappa shape index (κ3) is 5.80. The van der Waals surface area contributed by atoms with Crippen molar-refractivity contribution in [2.45, 2.75) is 39.3 Å². The maximum absolute atomic E-state index is 6.00. The minimum absolute atomic E-state index is 0.133. The predicted octanol–water partition coefficient (Wildman–Crippen LogP) is 3.00. The fourth-order valence-corrected chi connectivity index (χ4v) is 1.90. The summed E-state index contributed by atoms with van der Waals surface area (Å²) in [6.07, 6.45) is 2.13. The van der Waals surface area contributed by atoms with Gasteiger partial charge < -0.3 is 19.5 Å². The van der Waals surface area contributed by atoms with Gasteiger partial charge in [0.15, 0.2) is 0 Å². The van der Waals surface area contributed by atoms with E-state index in [2.05, 4.69) is 19.2 Å². The molecule has 1 aromatic carbocycles. The van der Waals surface area contributed by atoms with Crippen LogP contribution in [-0.4, -0.2) is 33.5 Å². The molecule has 1 rings (SSSR count). The second-order valence-corrected chi connectivity index (χ2v) is 4.86. The van der Waals surface area contributed by atoms with Crippen LogP contribution >= 0.6 is 0 Å². The molecule has 1 N–H and O–H groups in total. The van der Waals surface area contributed by atoms with Gasteiger partial charge in [0.05, 0.1) is 13.2 Å². The third-order valence-electron chi connectivity index (χ3n) is 3.07. The van der Waals surface area contributed by atoms with Crippen LogP contribution in [0.15, 0.2) is 18.2 Å². The molecule has 20 heavy (non-hydrogen) atoms. The first-order valence-corrected chi connectivity index (χ1v) is 7.24. The Kier molecular flexibility index (Phi) is 8.07. The van der Waals surface area contributed by atoms with Crippen LogP contribution in [0, 0.1) is 0 Å². The predicted molar refractivity (Wildman–Crippen MR) is 81.6 cm³/mol. The topological polar surface area (TPSA) is 39.7 Å². The molecule has 0 saturated heterocycles.